The fourth-order valence-electron chi connectivity index (χ4n) is 4.33. The van der Waals surface area contributed by atoms with Crippen LogP contribution in [0.3, 0.4) is 0 Å². The van der Waals surface area contributed by atoms with Gasteiger partial charge < -0.3 is 4.42 Å². The Bertz CT molecular complexity index is 1350. The van der Waals surface area contributed by atoms with Crippen LogP contribution in [0.2, 0.25) is 0 Å². The van der Waals surface area contributed by atoms with Crippen LogP contribution in [0.15, 0.2) is 77.5 Å². The summed E-state index contributed by atoms with van der Waals surface area (Å²) in [5.41, 5.74) is 6.77. The number of aromatic nitrogens is 2. The third-order valence-electron chi connectivity index (χ3n) is 5.80. The fraction of sp³-hybridized carbons (Fsp3) is 0.192. The van der Waals surface area contributed by atoms with Gasteiger partial charge in [-0.05, 0) is 30.5 Å². The van der Waals surface area contributed by atoms with Crippen LogP contribution in [0, 0.1) is 6.92 Å². The van der Waals surface area contributed by atoms with Crippen LogP contribution in [0.5, 0.6) is 0 Å². The fourth-order valence-corrected chi connectivity index (χ4v) is 4.33. The molecule has 0 N–H and O–H groups in total. The first-order chi connectivity index (χ1) is 14.1. The van der Waals surface area contributed by atoms with Gasteiger partial charge in [0.15, 0.2) is 5.58 Å². The number of hydrogen-bond donors (Lipinski definition) is 0. The van der Waals surface area contributed by atoms with Crippen molar-refractivity contribution in [2.75, 3.05) is 0 Å². The lowest BCUT2D eigenvalue weighted by Crippen LogP contribution is -2.29. The zero-order valence-electron chi connectivity index (χ0n) is 17.3. The van der Waals surface area contributed by atoms with Crippen molar-refractivity contribution in [3.8, 4) is 17.1 Å². The molecule has 0 aliphatic heterocycles. The van der Waals surface area contributed by atoms with E-state index in [2.05, 4.69) is 97.9 Å². The van der Waals surface area contributed by atoms with Crippen molar-refractivity contribution >= 4 is 21.9 Å². The van der Waals surface area contributed by atoms with Crippen LogP contribution in [-0.4, -0.2) is 4.57 Å². The molecule has 0 aliphatic carbocycles. The predicted molar refractivity (Wildman–Crippen MR) is 118 cm³/mol. The van der Waals surface area contributed by atoms with Crippen LogP contribution < -0.4 is 4.57 Å². The topological polar surface area (TPSA) is 21.9 Å². The Labute approximate surface area is 170 Å². The Kier molecular flexibility index (Phi) is 4.06. The van der Waals surface area contributed by atoms with E-state index in [1.807, 2.05) is 12.1 Å². The number of rotatable bonds is 3. The van der Waals surface area contributed by atoms with Crippen molar-refractivity contribution in [3.05, 3.63) is 84.2 Å². The van der Waals surface area contributed by atoms with Crippen LogP contribution in [0.1, 0.15) is 30.9 Å². The van der Waals surface area contributed by atoms with Crippen molar-refractivity contribution in [2.24, 2.45) is 7.05 Å². The molecule has 0 aliphatic rings. The second-order valence-corrected chi connectivity index (χ2v) is 8.05. The molecule has 3 heteroatoms. The van der Waals surface area contributed by atoms with Gasteiger partial charge in [-0.1, -0.05) is 62.4 Å². The van der Waals surface area contributed by atoms with Crippen LogP contribution in [0.4, 0.5) is 0 Å². The molecule has 0 bridgehead atoms. The SMILES string of the molecule is Cc1ccc2c(oc3ccccc32)c1-c1n(-c2ccccc2C(C)C)cc[n+]1C. The van der Waals surface area contributed by atoms with Gasteiger partial charge in [0, 0.05) is 16.3 Å². The maximum Gasteiger partial charge on any atom is 0.297 e. The van der Waals surface area contributed by atoms with E-state index in [4.69, 9.17) is 4.42 Å². The van der Waals surface area contributed by atoms with E-state index in [0.717, 1.165) is 33.3 Å². The second-order valence-electron chi connectivity index (χ2n) is 8.05. The highest BCUT2D eigenvalue weighted by atomic mass is 16.3. The Morgan fingerprint density at radius 1 is 0.897 bits per heavy atom. The molecule has 0 amide bonds. The van der Waals surface area contributed by atoms with Crippen molar-refractivity contribution < 1.29 is 8.98 Å². The van der Waals surface area contributed by atoms with Gasteiger partial charge in [0.25, 0.3) is 5.82 Å². The maximum atomic E-state index is 6.39. The molecule has 0 unspecified atom stereocenters. The molecule has 3 aromatic carbocycles. The summed E-state index contributed by atoms with van der Waals surface area (Å²) < 4.78 is 10.9. The van der Waals surface area contributed by atoms with E-state index in [0.29, 0.717) is 5.92 Å². The van der Waals surface area contributed by atoms with Gasteiger partial charge in [0.05, 0.1) is 7.05 Å². The second kappa shape index (κ2) is 6.63. The van der Waals surface area contributed by atoms with Gasteiger partial charge in [0.2, 0.25) is 0 Å². The standard InChI is InChI=1S/C26H25N2O/c1-17(2)19-9-5-7-11-22(19)28-16-15-27(4)26(28)24-18(3)13-14-21-20-10-6-8-12-23(20)29-25(21)24/h5-17H,1-4H3/q+1. The van der Waals surface area contributed by atoms with Crippen molar-refractivity contribution in [3.63, 3.8) is 0 Å². The number of imidazole rings is 1. The van der Waals surface area contributed by atoms with Gasteiger partial charge >= 0.3 is 0 Å². The molecule has 2 heterocycles. The average Bonchev–Trinajstić information content (AvgIpc) is 3.28. The van der Waals surface area contributed by atoms with Gasteiger partial charge in [-0.3, -0.25) is 0 Å². The summed E-state index contributed by atoms with van der Waals surface area (Å²) in [6.07, 6.45) is 4.27. The summed E-state index contributed by atoms with van der Waals surface area (Å²) in [6.45, 7) is 6.65. The molecule has 2 aromatic heterocycles. The zero-order valence-corrected chi connectivity index (χ0v) is 17.3. The Morgan fingerprint density at radius 2 is 1.66 bits per heavy atom. The third-order valence-corrected chi connectivity index (χ3v) is 5.80. The predicted octanol–water partition coefficient (Wildman–Crippen LogP) is 6.30. The molecule has 0 fully saturated rings. The number of aryl methyl sites for hydroxylation is 2. The van der Waals surface area contributed by atoms with Crippen molar-refractivity contribution in [1.29, 1.82) is 0 Å². The van der Waals surface area contributed by atoms with Crippen LogP contribution >= 0.6 is 0 Å². The maximum absolute atomic E-state index is 6.39. The largest absolute Gasteiger partial charge is 0.455 e. The number of benzene rings is 3. The van der Waals surface area contributed by atoms with E-state index in [9.17, 15) is 0 Å². The smallest absolute Gasteiger partial charge is 0.297 e. The lowest BCUT2D eigenvalue weighted by molar-refractivity contribution is -0.659. The summed E-state index contributed by atoms with van der Waals surface area (Å²) in [6, 6.07) is 21.3. The first-order valence-electron chi connectivity index (χ1n) is 10.1. The normalized spacial score (nSPS) is 11.8. The molecule has 5 rings (SSSR count). The minimum absolute atomic E-state index is 0.440. The molecule has 144 valence electrons. The third kappa shape index (κ3) is 2.69. The molecule has 3 nitrogen and oxygen atoms in total. The monoisotopic (exact) mass is 381 g/mol. The summed E-state index contributed by atoms with van der Waals surface area (Å²) in [5.74, 6) is 1.56. The van der Waals surface area contributed by atoms with Crippen molar-refractivity contribution in [1.82, 2.24) is 4.57 Å². The number of hydrogen-bond acceptors (Lipinski definition) is 1. The molecular formula is C26H25N2O+. The van der Waals surface area contributed by atoms with E-state index < -0.39 is 0 Å². The first-order valence-corrected chi connectivity index (χ1v) is 10.1. The molecular weight excluding hydrogens is 356 g/mol. The van der Waals surface area contributed by atoms with Crippen LogP contribution in [0.25, 0.3) is 39.0 Å². The van der Waals surface area contributed by atoms with E-state index in [1.54, 1.807) is 0 Å². The highest BCUT2D eigenvalue weighted by molar-refractivity contribution is 6.09. The highest BCUT2D eigenvalue weighted by Crippen LogP contribution is 2.38. The number of nitrogens with zero attached hydrogens (tertiary/aromatic N) is 2. The minimum Gasteiger partial charge on any atom is -0.455 e. The van der Waals surface area contributed by atoms with Gasteiger partial charge in [-0.25, -0.2) is 4.57 Å². The summed E-state index contributed by atoms with van der Waals surface area (Å²) in [7, 11) is 2.10. The summed E-state index contributed by atoms with van der Waals surface area (Å²) in [5, 5.41) is 2.32. The summed E-state index contributed by atoms with van der Waals surface area (Å²) >= 11 is 0. The van der Waals surface area contributed by atoms with E-state index in [1.165, 1.54) is 16.8 Å². The van der Waals surface area contributed by atoms with Gasteiger partial charge in [0.1, 0.15) is 29.2 Å². The van der Waals surface area contributed by atoms with E-state index >= 15 is 0 Å². The Hall–Kier alpha value is -3.33. The molecule has 5 aromatic rings. The number of para-hydroxylation sites is 2. The molecule has 0 saturated carbocycles. The van der Waals surface area contributed by atoms with Gasteiger partial charge in [-0.15, -0.1) is 0 Å². The average molecular weight is 381 g/mol. The van der Waals surface area contributed by atoms with Gasteiger partial charge in [-0.2, -0.15) is 4.57 Å². The molecule has 0 atom stereocenters. The zero-order chi connectivity index (χ0) is 20.1. The molecule has 0 radical (unpaired) electrons. The van der Waals surface area contributed by atoms with Crippen LogP contribution in [-0.2, 0) is 7.05 Å². The molecule has 0 spiro atoms. The Morgan fingerprint density at radius 3 is 2.48 bits per heavy atom. The molecule has 29 heavy (non-hydrogen) atoms. The quantitative estimate of drug-likeness (QED) is 0.336. The minimum atomic E-state index is 0.440. The number of fused-ring (bicyclic) bond motifs is 3. The Balaban J connectivity index is 1.86. The first kappa shape index (κ1) is 17.7. The highest BCUT2D eigenvalue weighted by Gasteiger charge is 2.27. The number of furan rings is 1. The summed E-state index contributed by atoms with van der Waals surface area (Å²) in [4.78, 5) is 0. The molecule has 0 saturated heterocycles. The van der Waals surface area contributed by atoms with E-state index in [-0.39, 0.29) is 0 Å². The lowest BCUT2D eigenvalue weighted by Gasteiger charge is -2.12. The van der Waals surface area contributed by atoms with Crippen molar-refractivity contribution in [2.45, 2.75) is 26.7 Å². The lowest BCUT2D eigenvalue weighted by atomic mass is 10.00.